The number of nitrogens with zero attached hydrogens (tertiary/aromatic N) is 2. The molecule has 128 valence electrons. The molecule has 0 unspecified atom stereocenters. The maximum absolute atomic E-state index is 5.77. The predicted molar refractivity (Wildman–Crippen MR) is 97.3 cm³/mol. The number of benzene rings is 2. The maximum Gasteiger partial charge on any atom is 0.222 e. The maximum atomic E-state index is 5.77. The Labute approximate surface area is 146 Å². The zero-order chi connectivity index (χ0) is 17.5. The van der Waals surface area contributed by atoms with Crippen molar-refractivity contribution in [3.05, 3.63) is 71.9 Å². The van der Waals surface area contributed by atoms with Crippen LogP contribution in [0.2, 0.25) is 0 Å². The van der Waals surface area contributed by atoms with Crippen LogP contribution in [-0.4, -0.2) is 16.6 Å². The first-order chi connectivity index (χ1) is 12.2. The zero-order valence-electron chi connectivity index (χ0n) is 13.8. The molecule has 0 radical (unpaired) electrons. The van der Waals surface area contributed by atoms with Crippen LogP contribution in [0.15, 0.2) is 60.8 Å². The Kier molecular flexibility index (Phi) is 5.31. The van der Waals surface area contributed by atoms with E-state index in [1.165, 1.54) is 6.20 Å². The van der Waals surface area contributed by atoms with Crippen LogP contribution in [0, 0.1) is 0 Å². The minimum absolute atomic E-state index is 0.135. The molecule has 0 atom stereocenters. The van der Waals surface area contributed by atoms with Gasteiger partial charge in [-0.05, 0) is 23.3 Å². The summed E-state index contributed by atoms with van der Waals surface area (Å²) in [6.45, 7) is 1.03. The summed E-state index contributed by atoms with van der Waals surface area (Å²) in [6.07, 6.45) is 2.22. The van der Waals surface area contributed by atoms with E-state index in [9.17, 15) is 0 Å². The Morgan fingerprint density at radius 1 is 0.840 bits per heavy atom. The van der Waals surface area contributed by atoms with Gasteiger partial charge in [0.15, 0.2) is 11.6 Å². The largest absolute Gasteiger partial charge is 0.489 e. The van der Waals surface area contributed by atoms with Crippen LogP contribution < -0.4 is 20.9 Å². The lowest BCUT2D eigenvalue weighted by Gasteiger charge is -2.09. The fraction of sp³-hybridized carbons (Fsp3) is 0.158. The highest BCUT2D eigenvalue weighted by atomic mass is 16.5. The van der Waals surface area contributed by atoms with Gasteiger partial charge in [-0.1, -0.05) is 42.5 Å². The van der Waals surface area contributed by atoms with Crippen molar-refractivity contribution in [3.8, 4) is 11.5 Å². The van der Waals surface area contributed by atoms with Crippen LogP contribution in [0.25, 0.3) is 0 Å². The summed E-state index contributed by atoms with van der Waals surface area (Å²) < 4.78 is 11.4. The molecular formula is C19H20N4O2. The predicted octanol–water partition coefficient (Wildman–Crippen LogP) is 2.84. The summed E-state index contributed by atoms with van der Waals surface area (Å²) in [5.41, 5.74) is 13.5. The van der Waals surface area contributed by atoms with Gasteiger partial charge in [0.2, 0.25) is 5.95 Å². The van der Waals surface area contributed by atoms with E-state index in [2.05, 4.69) is 9.97 Å². The second-order valence-electron chi connectivity index (χ2n) is 5.49. The molecule has 0 spiro atoms. The third kappa shape index (κ3) is 4.84. The quantitative estimate of drug-likeness (QED) is 0.689. The van der Waals surface area contributed by atoms with Crippen LogP contribution in [-0.2, 0) is 13.0 Å². The normalized spacial score (nSPS) is 10.4. The molecule has 0 fully saturated rings. The lowest BCUT2D eigenvalue weighted by Crippen LogP contribution is -2.06. The number of ether oxygens (including phenoxy) is 2. The monoisotopic (exact) mass is 336 g/mol. The molecule has 0 amide bonds. The minimum Gasteiger partial charge on any atom is -0.489 e. The number of anilines is 2. The molecule has 1 aromatic heterocycles. The molecule has 3 rings (SSSR count). The van der Waals surface area contributed by atoms with Gasteiger partial charge in [-0.3, -0.25) is 0 Å². The third-order valence-corrected chi connectivity index (χ3v) is 3.62. The second-order valence-corrected chi connectivity index (χ2v) is 5.49. The summed E-state index contributed by atoms with van der Waals surface area (Å²) in [5.74, 6) is 1.66. The standard InChI is InChI=1S/C19H20N4O2/c20-18-17(12-22-19(21)23-18)24-11-10-14-6-8-16(9-7-14)25-13-15-4-2-1-3-5-15/h1-9,12H,10-11,13H2,(H4,20,21,22,23). The average Bonchev–Trinajstić information content (AvgIpc) is 2.64. The Balaban J connectivity index is 1.47. The molecule has 0 saturated carbocycles. The molecule has 0 aliphatic heterocycles. The van der Waals surface area contributed by atoms with E-state index in [4.69, 9.17) is 20.9 Å². The van der Waals surface area contributed by atoms with Gasteiger partial charge in [0.05, 0.1) is 12.8 Å². The molecule has 25 heavy (non-hydrogen) atoms. The molecule has 4 N–H and O–H groups in total. The summed E-state index contributed by atoms with van der Waals surface area (Å²) in [6, 6.07) is 18.0. The van der Waals surface area contributed by atoms with E-state index < -0.39 is 0 Å². The molecule has 0 aliphatic rings. The van der Waals surface area contributed by atoms with Gasteiger partial charge in [0.1, 0.15) is 12.4 Å². The van der Waals surface area contributed by atoms with Gasteiger partial charge in [-0.2, -0.15) is 4.98 Å². The number of hydrogen-bond acceptors (Lipinski definition) is 6. The molecule has 1 heterocycles. The van der Waals surface area contributed by atoms with Crippen LogP contribution >= 0.6 is 0 Å². The Morgan fingerprint density at radius 3 is 2.32 bits per heavy atom. The van der Waals surface area contributed by atoms with Gasteiger partial charge in [0, 0.05) is 6.42 Å². The van der Waals surface area contributed by atoms with E-state index in [-0.39, 0.29) is 11.8 Å². The van der Waals surface area contributed by atoms with E-state index in [0.29, 0.717) is 19.0 Å². The molecule has 0 aliphatic carbocycles. The molecule has 2 aromatic carbocycles. The molecule has 6 heteroatoms. The fourth-order valence-corrected chi connectivity index (χ4v) is 2.28. The van der Waals surface area contributed by atoms with Crippen LogP contribution in [0.1, 0.15) is 11.1 Å². The first-order valence-corrected chi connectivity index (χ1v) is 7.97. The first-order valence-electron chi connectivity index (χ1n) is 7.97. The summed E-state index contributed by atoms with van der Waals surface area (Å²) in [7, 11) is 0. The molecule has 3 aromatic rings. The second kappa shape index (κ2) is 8.01. The van der Waals surface area contributed by atoms with Crippen LogP contribution in [0.5, 0.6) is 11.5 Å². The van der Waals surface area contributed by atoms with Crippen molar-refractivity contribution in [1.82, 2.24) is 9.97 Å². The number of rotatable bonds is 7. The summed E-state index contributed by atoms with van der Waals surface area (Å²) in [4.78, 5) is 7.73. The lowest BCUT2D eigenvalue weighted by molar-refractivity contribution is 0.305. The van der Waals surface area contributed by atoms with Gasteiger partial charge in [-0.25, -0.2) is 4.98 Å². The molecule has 6 nitrogen and oxygen atoms in total. The van der Waals surface area contributed by atoms with Gasteiger partial charge < -0.3 is 20.9 Å². The van der Waals surface area contributed by atoms with Crippen molar-refractivity contribution in [1.29, 1.82) is 0 Å². The number of aromatic nitrogens is 2. The first kappa shape index (κ1) is 16.6. The molecule has 0 saturated heterocycles. The third-order valence-electron chi connectivity index (χ3n) is 3.62. The van der Waals surface area contributed by atoms with Gasteiger partial charge >= 0.3 is 0 Å². The minimum atomic E-state index is 0.135. The van der Waals surface area contributed by atoms with Crippen LogP contribution in [0.3, 0.4) is 0 Å². The number of nitrogens with two attached hydrogens (primary N) is 2. The molecular weight excluding hydrogens is 316 g/mol. The van der Waals surface area contributed by atoms with E-state index in [1.54, 1.807) is 0 Å². The Bertz CT molecular complexity index is 807. The van der Waals surface area contributed by atoms with Crippen LogP contribution in [0.4, 0.5) is 11.8 Å². The summed E-state index contributed by atoms with van der Waals surface area (Å²) >= 11 is 0. The SMILES string of the molecule is Nc1ncc(OCCc2ccc(OCc3ccccc3)cc2)c(N)n1. The highest BCUT2D eigenvalue weighted by Crippen LogP contribution is 2.19. The van der Waals surface area contributed by atoms with E-state index >= 15 is 0 Å². The fourth-order valence-electron chi connectivity index (χ4n) is 2.28. The average molecular weight is 336 g/mol. The van der Waals surface area contributed by atoms with Crippen molar-refractivity contribution >= 4 is 11.8 Å². The zero-order valence-corrected chi connectivity index (χ0v) is 13.8. The Hall–Kier alpha value is -3.28. The number of hydrogen-bond donors (Lipinski definition) is 2. The van der Waals surface area contributed by atoms with Crippen molar-refractivity contribution in [2.45, 2.75) is 13.0 Å². The van der Waals surface area contributed by atoms with E-state index in [1.807, 2.05) is 54.6 Å². The Morgan fingerprint density at radius 2 is 1.60 bits per heavy atom. The highest BCUT2D eigenvalue weighted by Gasteiger charge is 2.04. The lowest BCUT2D eigenvalue weighted by atomic mass is 10.1. The number of nitrogen functional groups attached to an aromatic ring is 2. The van der Waals surface area contributed by atoms with Crippen molar-refractivity contribution in [3.63, 3.8) is 0 Å². The van der Waals surface area contributed by atoms with Gasteiger partial charge in [0.25, 0.3) is 0 Å². The highest BCUT2D eigenvalue weighted by molar-refractivity contribution is 5.46. The van der Waals surface area contributed by atoms with Crippen molar-refractivity contribution in [2.24, 2.45) is 0 Å². The summed E-state index contributed by atoms with van der Waals surface area (Å²) in [5, 5.41) is 0. The van der Waals surface area contributed by atoms with E-state index in [0.717, 1.165) is 23.3 Å². The molecule has 0 bridgehead atoms. The van der Waals surface area contributed by atoms with Crippen molar-refractivity contribution < 1.29 is 9.47 Å². The van der Waals surface area contributed by atoms with Gasteiger partial charge in [-0.15, -0.1) is 0 Å². The topological polar surface area (TPSA) is 96.3 Å². The van der Waals surface area contributed by atoms with Crippen molar-refractivity contribution in [2.75, 3.05) is 18.1 Å². The smallest absolute Gasteiger partial charge is 0.222 e.